The van der Waals surface area contributed by atoms with Gasteiger partial charge in [-0.25, -0.2) is 4.79 Å². The first kappa shape index (κ1) is 20.6. The molecule has 0 saturated carbocycles. The quantitative estimate of drug-likeness (QED) is 0.600. The van der Waals surface area contributed by atoms with Gasteiger partial charge in [-0.05, 0) is 43.5 Å². The average molecular weight is 395 g/mol. The Kier molecular flexibility index (Phi) is 6.34. The topological polar surface area (TPSA) is 88.8 Å². The standard InChI is InChI=1S/C23H25NO5/c1-14-17-9-11-20(28-3)15(2)22(17)29-23(27)18(14)10-12-21(26)24-13-19(25)16-7-5-4-6-8-16/h4-9,11,19,25H,10,12-13H2,1-3H3,(H,24,26). The third-order valence-electron chi connectivity index (χ3n) is 5.15. The lowest BCUT2D eigenvalue weighted by Crippen LogP contribution is -2.29. The summed E-state index contributed by atoms with van der Waals surface area (Å²) < 4.78 is 10.8. The molecule has 3 rings (SSSR count). The number of aryl methyl sites for hydroxylation is 2. The van der Waals surface area contributed by atoms with Crippen LogP contribution in [-0.2, 0) is 11.2 Å². The highest BCUT2D eigenvalue weighted by Gasteiger charge is 2.16. The molecule has 1 aromatic heterocycles. The van der Waals surface area contributed by atoms with Gasteiger partial charge in [0.15, 0.2) is 0 Å². The zero-order valence-corrected chi connectivity index (χ0v) is 16.8. The summed E-state index contributed by atoms with van der Waals surface area (Å²) in [6.07, 6.45) is -0.374. The van der Waals surface area contributed by atoms with E-state index in [1.807, 2.05) is 44.2 Å². The maximum Gasteiger partial charge on any atom is 0.339 e. The predicted octanol–water partition coefficient (Wildman–Crippen LogP) is 3.20. The van der Waals surface area contributed by atoms with Crippen molar-refractivity contribution in [2.45, 2.75) is 32.8 Å². The van der Waals surface area contributed by atoms with Crippen LogP contribution in [0.1, 0.15) is 34.8 Å². The number of nitrogens with one attached hydrogen (secondary N) is 1. The summed E-state index contributed by atoms with van der Waals surface area (Å²) in [5, 5.41) is 13.7. The fourth-order valence-corrected chi connectivity index (χ4v) is 3.41. The zero-order chi connectivity index (χ0) is 21.0. The molecule has 6 heteroatoms. The van der Waals surface area contributed by atoms with Gasteiger partial charge in [-0.2, -0.15) is 0 Å². The molecule has 29 heavy (non-hydrogen) atoms. The van der Waals surface area contributed by atoms with Crippen molar-refractivity contribution in [3.8, 4) is 5.75 Å². The third kappa shape index (κ3) is 4.49. The number of carbonyl (C=O) groups is 1. The number of methoxy groups -OCH3 is 1. The molecule has 1 atom stereocenters. The van der Waals surface area contributed by atoms with E-state index in [1.165, 1.54) is 0 Å². The van der Waals surface area contributed by atoms with Gasteiger partial charge in [-0.1, -0.05) is 30.3 Å². The molecule has 0 fully saturated rings. The number of fused-ring (bicyclic) bond motifs is 1. The molecule has 152 valence electrons. The Morgan fingerprint density at radius 2 is 1.86 bits per heavy atom. The van der Waals surface area contributed by atoms with E-state index >= 15 is 0 Å². The van der Waals surface area contributed by atoms with E-state index in [0.717, 1.165) is 22.1 Å². The van der Waals surface area contributed by atoms with Crippen molar-refractivity contribution >= 4 is 16.9 Å². The number of aliphatic hydroxyl groups is 1. The van der Waals surface area contributed by atoms with Crippen molar-refractivity contribution in [1.29, 1.82) is 0 Å². The van der Waals surface area contributed by atoms with Crippen molar-refractivity contribution in [3.63, 3.8) is 0 Å². The van der Waals surface area contributed by atoms with Crippen molar-refractivity contribution in [2.75, 3.05) is 13.7 Å². The zero-order valence-electron chi connectivity index (χ0n) is 16.8. The third-order valence-corrected chi connectivity index (χ3v) is 5.15. The van der Waals surface area contributed by atoms with Crippen molar-refractivity contribution in [1.82, 2.24) is 5.32 Å². The Morgan fingerprint density at radius 3 is 2.55 bits per heavy atom. The van der Waals surface area contributed by atoms with E-state index in [-0.39, 0.29) is 25.3 Å². The van der Waals surface area contributed by atoms with Gasteiger partial charge in [-0.15, -0.1) is 0 Å². The molecule has 1 heterocycles. The fourth-order valence-electron chi connectivity index (χ4n) is 3.41. The summed E-state index contributed by atoms with van der Waals surface area (Å²) in [6, 6.07) is 12.8. The lowest BCUT2D eigenvalue weighted by molar-refractivity contribution is -0.121. The van der Waals surface area contributed by atoms with Crippen LogP contribution in [0.4, 0.5) is 0 Å². The van der Waals surface area contributed by atoms with E-state index in [1.54, 1.807) is 19.2 Å². The number of rotatable bonds is 7. The second kappa shape index (κ2) is 8.92. The number of benzene rings is 2. The minimum absolute atomic E-state index is 0.118. The van der Waals surface area contributed by atoms with E-state index in [0.29, 0.717) is 16.9 Å². The van der Waals surface area contributed by atoms with Gasteiger partial charge in [0.1, 0.15) is 11.3 Å². The van der Waals surface area contributed by atoms with Crippen LogP contribution < -0.4 is 15.7 Å². The summed E-state index contributed by atoms with van der Waals surface area (Å²) in [7, 11) is 1.57. The maximum absolute atomic E-state index is 12.5. The van der Waals surface area contributed by atoms with Crippen LogP contribution in [0.15, 0.2) is 51.7 Å². The Morgan fingerprint density at radius 1 is 1.14 bits per heavy atom. The number of amides is 1. The normalized spacial score (nSPS) is 12.0. The first-order valence-corrected chi connectivity index (χ1v) is 9.52. The highest BCUT2D eigenvalue weighted by molar-refractivity contribution is 5.85. The van der Waals surface area contributed by atoms with Crippen molar-refractivity contribution in [2.24, 2.45) is 0 Å². The molecule has 2 aromatic carbocycles. The van der Waals surface area contributed by atoms with Gasteiger partial charge < -0.3 is 19.6 Å². The summed E-state index contributed by atoms with van der Waals surface area (Å²) in [6.45, 7) is 3.82. The predicted molar refractivity (Wildman–Crippen MR) is 111 cm³/mol. The van der Waals surface area contributed by atoms with Gasteiger partial charge in [0.25, 0.3) is 0 Å². The van der Waals surface area contributed by atoms with Gasteiger partial charge in [0.05, 0.1) is 13.2 Å². The molecule has 0 aliphatic heterocycles. The highest BCUT2D eigenvalue weighted by Crippen LogP contribution is 2.29. The number of ether oxygens (including phenoxy) is 1. The molecule has 0 radical (unpaired) electrons. The Bertz CT molecular complexity index is 1070. The van der Waals surface area contributed by atoms with Crippen LogP contribution in [0.25, 0.3) is 11.0 Å². The molecule has 0 saturated heterocycles. The van der Waals surface area contributed by atoms with Crippen molar-refractivity contribution < 1.29 is 19.1 Å². The Hall–Kier alpha value is -3.12. The molecule has 0 aliphatic rings. The molecule has 0 aliphatic carbocycles. The lowest BCUT2D eigenvalue weighted by atomic mass is 10.00. The minimum atomic E-state index is -0.773. The SMILES string of the molecule is COc1ccc2c(C)c(CCC(=O)NCC(O)c3ccccc3)c(=O)oc2c1C. The highest BCUT2D eigenvalue weighted by atomic mass is 16.5. The van der Waals surface area contributed by atoms with Crippen LogP contribution in [0, 0.1) is 13.8 Å². The summed E-state index contributed by atoms with van der Waals surface area (Å²) in [4.78, 5) is 24.7. The monoisotopic (exact) mass is 395 g/mol. The van der Waals surface area contributed by atoms with Crippen molar-refractivity contribution in [3.05, 3.63) is 75.1 Å². The molecular weight excluding hydrogens is 370 g/mol. The number of aliphatic hydroxyl groups excluding tert-OH is 1. The van der Waals surface area contributed by atoms with Crippen LogP contribution in [0.2, 0.25) is 0 Å². The fraction of sp³-hybridized carbons (Fsp3) is 0.304. The molecule has 3 aromatic rings. The molecule has 6 nitrogen and oxygen atoms in total. The van der Waals surface area contributed by atoms with E-state index < -0.39 is 11.7 Å². The summed E-state index contributed by atoms with van der Waals surface area (Å²) in [5.74, 6) is 0.425. The van der Waals surface area contributed by atoms with E-state index in [4.69, 9.17) is 9.15 Å². The molecule has 0 spiro atoms. The van der Waals surface area contributed by atoms with E-state index in [2.05, 4.69) is 5.32 Å². The lowest BCUT2D eigenvalue weighted by Gasteiger charge is -2.13. The molecule has 1 amide bonds. The van der Waals surface area contributed by atoms with Crippen LogP contribution in [0.5, 0.6) is 5.75 Å². The largest absolute Gasteiger partial charge is 0.496 e. The Balaban J connectivity index is 1.69. The number of carbonyl (C=O) groups excluding carboxylic acids is 1. The molecule has 2 N–H and O–H groups in total. The molecule has 1 unspecified atom stereocenters. The first-order valence-electron chi connectivity index (χ1n) is 9.52. The van der Waals surface area contributed by atoms with Crippen LogP contribution >= 0.6 is 0 Å². The van der Waals surface area contributed by atoms with Gasteiger partial charge in [0, 0.05) is 29.5 Å². The average Bonchev–Trinajstić information content (AvgIpc) is 2.73. The number of hydrogen-bond donors (Lipinski definition) is 2. The number of hydrogen-bond acceptors (Lipinski definition) is 5. The van der Waals surface area contributed by atoms with E-state index in [9.17, 15) is 14.7 Å². The first-order chi connectivity index (χ1) is 13.9. The minimum Gasteiger partial charge on any atom is -0.496 e. The summed E-state index contributed by atoms with van der Waals surface area (Å²) >= 11 is 0. The van der Waals surface area contributed by atoms with Gasteiger partial charge in [0.2, 0.25) is 5.91 Å². The van der Waals surface area contributed by atoms with Gasteiger partial charge in [-0.3, -0.25) is 4.79 Å². The van der Waals surface area contributed by atoms with Crippen LogP contribution in [-0.4, -0.2) is 24.7 Å². The molecular formula is C23H25NO5. The second-order valence-electron chi connectivity index (χ2n) is 6.99. The Labute approximate surface area is 169 Å². The van der Waals surface area contributed by atoms with Gasteiger partial charge >= 0.3 is 5.63 Å². The maximum atomic E-state index is 12.5. The van der Waals surface area contributed by atoms with Crippen LogP contribution in [0.3, 0.4) is 0 Å². The second-order valence-corrected chi connectivity index (χ2v) is 6.99. The smallest absolute Gasteiger partial charge is 0.339 e. The summed E-state index contributed by atoms with van der Waals surface area (Å²) in [5.41, 5.74) is 2.86. The molecule has 0 bridgehead atoms.